The van der Waals surface area contributed by atoms with Gasteiger partial charge >= 0.3 is 0 Å². The minimum absolute atomic E-state index is 0.0696. The number of piperidine rings is 1. The van der Waals surface area contributed by atoms with Crippen LogP contribution in [0.25, 0.3) is 0 Å². The molecule has 1 atom stereocenters. The van der Waals surface area contributed by atoms with Crippen molar-refractivity contribution in [2.45, 2.75) is 19.3 Å². The molecule has 7 nitrogen and oxygen atoms in total. The van der Waals surface area contributed by atoms with Gasteiger partial charge in [-0.05, 0) is 42.7 Å². The van der Waals surface area contributed by atoms with E-state index in [0.717, 1.165) is 12.0 Å². The number of furan rings is 1. The van der Waals surface area contributed by atoms with E-state index < -0.39 is 0 Å². The number of hydrogen-bond donors (Lipinski definition) is 2. The lowest BCUT2D eigenvalue weighted by atomic mass is 9.96. The number of amides is 3. The molecule has 3 rings (SSSR count). The van der Waals surface area contributed by atoms with Gasteiger partial charge in [0.1, 0.15) is 5.82 Å². The third-order valence-electron chi connectivity index (χ3n) is 4.87. The van der Waals surface area contributed by atoms with Gasteiger partial charge in [-0.15, -0.1) is 0 Å². The van der Waals surface area contributed by atoms with Gasteiger partial charge in [0.15, 0.2) is 5.76 Å². The monoisotopic (exact) mass is 401 g/mol. The summed E-state index contributed by atoms with van der Waals surface area (Å²) in [4.78, 5) is 38.4. The van der Waals surface area contributed by atoms with Crippen LogP contribution in [0.1, 0.15) is 29.0 Å². The van der Waals surface area contributed by atoms with Crippen molar-refractivity contribution in [3.8, 4) is 0 Å². The van der Waals surface area contributed by atoms with Crippen LogP contribution in [-0.2, 0) is 16.0 Å². The molecule has 0 spiro atoms. The summed E-state index contributed by atoms with van der Waals surface area (Å²) in [6.07, 6.45) is 3.07. The van der Waals surface area contributed by atoms with Gasteiger partial charge in [0.05, 0.1) is 18.6 Å². The highest BCUT2D eigenvalue weighted by atomic mass is 19.1. The highest BCUT2D eigenvalue weighted by Gasteiger charge is 2.28. The van der Waals surface area contributed by atoms with E-state index in [0.29, 0.717) is 26.1 Å². The predicted molar refractivity (Wildman–Crippen MR) is 103 cm³/mol. The summed E-state index contributed by atoms with van der Waals surface area (Å²) in [7, 11) is 0. The number of carbonyl (C=O) groups excluding carboxylic acids is 3. The fourth-order valence-electron chi connectivity index (χ4n) is 3.31. The van der Waals surface area contributed by atoms with Crippen molar-refractivity contribution in [3.05, 3.63) is 59.8 Å². The van der Waals surface area contributed by atoms with Crippen LogP contribution in [0.4, 0.5) is 4.39 Å². The first-order valence-electron chi connectivity index (χ1n) is 9.64. The summed E-state index contributed by atoms with van der Waals surface area (Å²) in [6, 6.07) is 9.05. The Morgan fingerprint density at radius 2 is 1.86 bits per heavy atom. The van der Waals surface area contributed by atoms with E-state index in [4.69, 9.17) is 4.42 Å². The third kappa shape index (κ3) is 5.91. The van der Waals surface area contributed by atoms with Crippen LogP contribution in [0.3, 0.4) is 0 Å². The predicted octanol–water partition coefficient (Wildman–Crippen LogP) is 1.75. The molecule has 29 heavy (non-hydrogen) atoms. The molecule has 1 aliphatic rings. The minimum atomic E-state index is -0.337. The molecule has 0 saturated carbocycles. The number of likely N-dealkylation sites (tertiary alicyclic amines) is 1. The Kier molecular flexibility index (Phi) is 6.99. The van der Waals surface area contributed by atoms with Gasteiger partial charge in [-0.3, -0.25) is 14.4 Å². The molecular weight excluding hydrogens is 377 g/mol. The molecular formula is C21H24FN3O4. The summed E-state index contributed by atoms with van der Waals surface area (Å²) in [5.41, 5.74) is 0.746. The largest absolute Gasteiger partial charge is 0.459 e. The smallest absolute Gasteiger partial charge is 0.287 e. The zero-order chi connectivity index (χ0) is 20.6. The lowest BCUT2D eigenvalue weighted by Gasteiger charge is -2.32. The highest BCUT2D eigenvalue weighted by Crippen LogP contribution is 2.18. The normalized spacial score (nSPS) is 16.3. The SMILES string of the molecule is O=C(NCCNC(=O)C1CCCN(C(=O)Cc2ccc(F)cc2)C1)c1ccco1. The highest BCUT2D eigenvalue weighted by molar-refractivity contribution is 5.91. The van der Waals surface area contributed by atoms with Gasteiger partial charge in [0.2, 0.25) is 11.8 Å². The zero-order valence-electron chi connectivity index (χ0n) is 16.0. The van der Waals surface area contributed by atoms with Crippen molar-refractivity contribution in [2.24, 2.45) is 5.92 Å². The maximum atomic E-state index is 13.0. The van der Waals surface area contributed by atoms with Crippen LogP contribution in [0, 0.1) is 11.7 Å². The van der Waals surface area contributed by atoms with E-state index in [2.05, 4.69) is 10.6 Å². The van der Waals surface area contributed by atoms with Gasteiger partial charge in [-0.2, -0.15) is 0 Å². The lowest BCUT2D eigenvalue weighted by Crippen LogP contribution is -2.47. The first-order chi connectivity index (χ1) is 14.0. The van der Waals surface area contributed by atoms with Crippen molar-refractivity contribution in [3.63, 3.8) is 0 Å². The van der Waals surface area contributed by atoms with Gasteiger partial charge < -0.3 is 20.0 Å². The molecule has 3 amide bonds. The summed E-state index contributed by atoms with van der Waals surface area (Å²) in [6.45, 7) is 1.56. The van der Waals surface area contributed by atoms with Crippen molar-refractivity contribution in [2.75, 3.05) is 26.2 Å². The summed E-state index contributed by atoms with van der Waals surface area (Å²) < 4.78 is 18.0. The Balaban J connectivity index is 1.41. The number of benzene rings is 1. The molecule has 8 heteroatoms. The molecule has 1 aromatic heterocycles. The summed E-state index contributed by atoms with van der Waals surface area (Å²) >= 11 is 0. The number of rotatable bonds is 7. The number of hydrogen-bond acceptors (Lipinski definition) is 4. The van der Waals surface area contributed by atoms with E-state index >= 15 is 0 Å². The standard InChI is InChI=1S/C21H24FN3O4/c22-17-7-5-15(6-8-17)13-19(26)25-11-1-3-16(14-25)20(27)23-9-10-24-21(28)18-4-2-12-29-18/h2,4-8,12,16H,1,3,9-11,13-14H2,(H,23,27)(H,24,28). The Morgan fingerprint density at radius 3 is 2.59 bits per heavy atom. The van der Waals surface area contributed by atoms with E-state index in [9.17, 15) is 18.8 Å². The molecule has 154 valence electrons. The molecule has 2 heterocycles. The Morgan fingerprint density at radius 1 is 1.10 bits per heavy atom. The minimum Gasteiger partial charge on any atom is -0.459 e. The van der Waals surface area contributed by atoms with Gasteiger partial charge in [-0.25, -0.2) is 4.39 Å². The van der Waals surface area contributed by atoms with Crippen molar-refractivity contribution < 1.29 is 23.2 Å². The maximum absolute atomic E-state index is 13.0. The van der Waals surface area contributed by atoms with E-state index in [-0.39, 0.29) is 48.2 Å². The van der Waals surface area contributed by atoms with Crippen LogP contribution in [0.5, 0.6) is 0 Å². The van der Waals surface area contributed by atoms with E-state index in [1.165, 1.54) is 18.4 Å². The first kappa shape index (κ1) is 20.6. The lowest BCUT2D eigenvalue weighted by molar-refractivity contribution is -0.135. The van der Waals surface area contributed by atoms with E-state index in [1.807, 2.05) is 0 Å². The average Bonchev–Trinajstić information content (AvgIpc) is 3.27. The van der Waals surface area contributed by atoms with Gasteiger partial charge in [0.25, 0.3) is 5.91 Å². The van der Waals surface area contributed by atoms with Crippen LogP contribution < -0.4 is 10.6 Å². The molecule has 0 aliphatic carbocycles. The number of nitrogens with zero attached hydrogens (tertiary/aromatic N) is 1. The number of nitrogens with one attached hydrogen (secondary N) is 2. The van der Waals surface area contributed by atoms with Crippen LogP contribution in [0.15, 0.2) is 47.1 Å². The fraction of sp³-hybridized carbons (Fsp3) is 0.381. The summed E-state index contributed by atoms with van der Waals surface area (Å²) in [5.74, 6) is -0.923. The zero-order valence-corrected chi connectivity index (χ0v) is 16.0. The van der Waals surface area contributed by atoms with Crippen LogP contribution in [0.2, 0.25) is 0 Å². The second-order valence-corrected chi connectivity index (χ2v) is 7.01. The maximum Gasteiger partial charge on any atom is 0.287 e. The van der Waals surface area contributed by atoms with Crippen LogP contribution in [-0.4, -0.2) is 48.8 Å². The Hall–Kier alpha value is -3.16. The first-order valence-corrected chi connectivity index (χ1v) is 9.64. The molecule has 1 saturated heterocycles. The molecule has 2 N–H and O–H groups in total. The quantitative estimate of drug-likeness (QED) is 0.692. The molecule has 1 aromatic carbocycles. The van der Waals surface area contributed by atoms with Crippen molar-refractivity contribution in [1.29, 1.82) is 0 Å². The van der Waals surface area contributed by atoms with E-state index in [1.54, 1.807) is 29.2 Å². The molecule has 2 aromatic rings. The van der Waals surface area contributed by atoms with Crippen LogP contribution >= 0.6 is 0 Å². The van der Waals surface area contributed by atoms with Gasteiger partial charge in [-0.1, -0.05) is 12.1 Å². The summed E-state index contributed by atoms with van der Waals surface area (Å²) in [5, 5.41) is 5.47. The molecule has 0 radical (unpaired) electrons. The number of halogens is 1. The molecule has 1 fully saturated rings. The molecule has 0 bridgehead atoms. The van der Waals surface area contributed by atoms with Crippen molar-refractivity contribution >= 4 is 17.7 Å². The Labute approximate surface area is 168 Å². The second-order valence-electron chi connectivity index (χ2n) is 7.01. The van der Waals surface area contributed by atoms with Gasteiger partial charge in [0, 0.05) is 26.2 Å². The average molecular weight is 401 g/mol. The topological polar surface area (TPSA) is 91.7 Å². The molecule has 1 aliphatic heterocycles. The second kappa shape index (κ2) is 9.86. The van der Waals surface area contributed by atoms with Crippen molar-refractivity contribution in [1.82, 2.24) is 15.5 Å². The Bertz CT molecular complexity index is 836. The number of carbonyl (C=O) groups is 3. The third-order valence-corrected chi connectivity index (χ3v) is 4.87. The fourth-order valence-corrected chi connectivity index (χ4v) is 3.31. The molecule has 1 unspecified atom stereocenters.